The summed E-state index contributed by atoms with van der Waals surface area (Å²) in [4.78, 5) is 0. The Morgan fingerprint density at radius 3 is 2.24 bits per heavy atom. The SMILES string of the molecule is Cc1nnc(-c2ccc(CCC[18F])cc2)nn1. The minimum atomic E-state index is -0.281. The second kappa shape index (κ2) is 5.43. The monoisotopic (exact) mass is 231 g/mol. The zero-order chi connectivity index (χ0) is 12.1. The van der Waals surface area contributed by atoms with Gasteiger partial charge in [0.2, 0.25) is 5.82 Å². The molecule has 0 unspecified atom stereocenters. The zero-order valence-corrected chi connectivity index (χ0v) is 9.60. The molecule has 4 nitrogen and oxygen atoms in total. The molecule has 0 bridgehead atoms. The van der Waals surface area contributed by atoms with Crippen LogP contribution in [-0.2, 0) is 6.42 Å². The van der Waals surface area contributed by atoms with Crippen LogP contribution >= 0.6 is 0 Å². The fraction of sp³-hybridized carbons (Fsp3) is 0.333. The van der Waals surface area contributed by atoms with Crippen molar-refractivity contribution in [3.8, 4) is 11.4 Å². The Morgan fingerprint density at radius 1 is 1.00 bits per heavy atom. The third kappa shape index (κ3) is 3.03. The lowest BCUT2D eigenvalue weighted by Gasteiger charge is -2.01. The predicted molar refractivity (Wildman–Crippen MR) is 62.1 cm³/mol. The van der Waals surface area contributed by atoms with Crippen LogP contribution in [0.5, 0.6) is 0 Å². The fourth-order valence-corrected chi connectivity index (χ4v) is 1.49. The second-order valence-corrected chi connectivity index (χ2v) is 3.76. The van der Waals surface area contributed by atoms with Crippen molar-refractivity contribution < 1.29 is 4.39 Å². The van der Waals surface area contributed by atoms with E-state index >= 15 is 0 Å². The molecule has 0 amide bonds. The van der Waals surface area contributed by atoms with Crippen molar-refractivity contribution in [1.82, 2.24) is 20.4 Å². The number of nitrogens with zero attached hydrogens (tertiary/aromatic N) is 4. The maximum atomic E-state index is 12.0. The van der Waals surface area contributed by atoms with E-state index in [2.05, 4.69) is 20.4 Å². The Bertz CT molecular complexity index is 467. The summed E-state index contributed by atoms with van der Waals surface area (Å²) in [6.07, 6.45) is 1.31. The number of hydrogen-bond donors (Lipinski definition) is 0. The van der Waals surface area contributed by atoms with E-state index in [4.69, 9.17) is 0 Å². The molecule has 0 fully saturated rings. The molecule has 1 heterocycles. The van der Waals surface area contributed by atoms with Gasteiger partial charge in [-0.15, -0.1) is 20.4 Å². The molecule has 88 valence electrons. The highest BCUT2D eigenvalue weighted by molar-refractivity contribution is 5.54. The minimum Gasteiger partial charge on any atom is -0.251 e. The Kier molecular flexibility index (Phi) is 3.69. The summed E-state index contributed by atoms with van der Waals surface area (Å²) >= 11 is 0. The molecule has 0 saturated carbocycles. The van der Waals surface area contributed by atoms with Crippen LogP contribution in [0.3, 0.4) is 0 Å². The molecule has 0 atom stereocenters. The number of alkyl halides is 1. The predicted octanol–water partition coefficient (Wildman–Crippen LogP) is 2.14. The number of halogens is 1. The molecule has 1 aromatic carbocycles. The largest absolute Gasteiger partial charge is 0.251 e. The van der Waals surface area contributed by atoms with Crippen LogP contribution in [0, 0.1) is 6.92 Å². The van der Waals surface area contributed by atoms with Gasteiger partial charge in [-0.3, -0.25) is 4.39 Å². The zero-order valence-electron chi connectivity index (χ0n) is 9.60. The van der Waals surface area contributed by atoms with Gasteiger partial charge < -0.3 is 0 Å². The van der Waals surface area contributed by atoms with Gasteiger partial charge in [0, 0.05) is 5.56 Å². The van der Waals surface area contributed by atoms with Gasteiger partial charge in [0.05, 0.1) is 6.67 Å². The van der Waals surface area contributed by atoms with Crippen LogP contribution in [0.25, 0.3) is 11.4 Å². The fourth-order valence-electron chi connectivity index (χ4n) is 1.49. The lowest BCUT2D eigenvalue weighted by molar-refractivity contribution is 0.473. The molecule has 0 aliphatic heterocycles. The highest BCUT2D eigenvalue weighted by atomic mass is 18.2. The maximum Gasteiger partial charge on any atom is 0.203 e. The van der Waals surface area contributed by atoms with Gasteiger partial charge in [0.1, 0.15) is 0 Å². The van der Waals surface area contributed by atoms with E-state index in [-0.39, 0.29) is 6.67 Å². The highest BCUT2D eigenvalue weighted by Crippen LogP contribution is 2.14. The summed E-state index contributed by atoms with van der Waals surface area (Å²) < 4.78 is 12.0. The van der Waals surface area contributed by atoms with E-state index in [1.54, 1.807) is 6.92 Å². The molecule has 0 N–H and O–H groups in total. The van der Waals surface area contributed by atoms with Gasteiger partial charge in [0.25, 0.3) is 0 Å². The van der Waals surface area contributed by atoms with Crippen molar-refractivity contribution in [2.24, 2.45) is 0 Å². The lowest BCUT2D eigenvalue weighted by Crippen LogP contribution is -1.98. The highest BCUT2D eigenvalue weighted by Gasteiger charge is 2.02. The summed E-state index contributed by atoms with van der Waals surface area (Å²) in [5.41, 5.74) is 1.98. The molecule has 0 saturated heterocycles. The average molecular weight is 231 g/mol. The number of hydrogen-bond acceptors (Lipinski definition) is 4. The van der Waals surface area contributed by atoms with Gasteiger partial charge in [-0.05, 0) is 25.3 Å². The van der Waals surface area contributed by atoms with Crippen LogP contribution in [0.4, 0.5) is 4.39 Å². The van der Waals surface area contributed by atoms with E-state index < -0.39 is 0 Å². The van der Waals surface area contributed by atoms with E-state index in [1.807, 2.05) is 24.3 Å². The number of aromatic nitrogens is 4. The molecule has 5 heteroatoms. The van der Waals surface area contributed by atoms with Crippen molar-refractivity contribution in [3.05, 3.63) is 35.7 Å². The molecule has 2 aromatic rings. The summed E-state index contributed by atoms with van der Waals surface area (Å²) in [6.45, 7) is 1.46. The topological polar surface area (TPSA) is 51.6 Å². The van der Waals surface area contributed by atoms with Crippen molar-refractivity contribution in [2.45, 2.75) is 19.8 Å². The van der Waals surface area contributed by atoms with E-state index in [0.29, 0.717) is 18.1 Å². The maximum absolute atomic E-state index is 12.0. The Morgan fingerprint density at radius 2 is 1.65 bits per heavy atom. The molecule has 17 heavy (non-hydrogen) atoms. The molecular formula is C12H13FN4. The summed E-state index contributed by atoms with van der Waals surface area (Å²) in [7, 11) is 0. The first-order valence-electron chi connectivity index (χ1n) is 5.49. The standard InChI is InChI=1S/C12H13FN4/c1-9-14-16-12(17-15-9)11-6-4-10(5-7-11)3-2-8-13/h4-7H,2-3,8H2,1H3/i13-1. The quantitative estimate of drug-likeness (QED) is 0.809. The van der Waals surface area contributed by atoms with Gasteiger partial charge >= 0.3 is 0 Å². The molecular weight excluding hydrogens is 218 g/mol. The normalized spacial score (nSPS) is 10.5. The molecule has 0 aliphatic carbocycles. The van der Waals surface area contributed by atoms with Gasteiger partial charge in [-0.2, -0.15) is 0 Å². The summed E-state index contributed by atoms with van der Waals surface area (Å²) in [5, 5.41) is 15.6. The Hall–Kier alpha value is -1.91. The smallest absolute Gasteiger partial charge is 0.203 e. The third-order valence-corrected chi connectivity index (χ3v) is 2.39. The second-order valence-electron chi connectivity index (χ2n) is 3.76. The number of benzene rings is 1. The molecule has 0 spiro atoms. The van der Waals surface area contributed by atoms with Crippen LogP contribution < -0.4 is 0 Å². The Labute approximate surface area is 98.9 Å². The molecule has 1 aromatic heterocycles. The third-order valence-electron chi connectivity index (χ3n) is 2.39. The average Bonchev–Trinajstić information content (AvgIpc) is 2.38. The summed E-state index contributed by atoms with van der Waals surface area (Å²) in [5.74, 6) is 1.06. The van der Waals surface area contributed by atoms with Crippen LogP contribution in [0.2, 0.25) is 0 Å². The number of rotatable bonds is 4. The van der Waals surface area contributed by atoms with E-state index in [9.17, 15) is 4.39 Å². The van der Waals surface area contributed by atoms with E-state index in [0.717, 1.165) is 17.5 Å². The van der Waals surface area contributed by atoms with Gasteiger partial charge in [0.15, 0.2) is 5.82 Å². The van der Waals surface area contributed by atoms with Crippen molar-refractivity contribution in [3.63, 3.8) is 0 Å². The van der Waals surface area contributed by atoms with Crippen LogP contribution in [0.15, 0.2) is 24.3 Å². The molecule has 0 aliphatic rings. The first kappa shape index (κ1) is 11.6. The van der Waals surface area contributed by atoms with E-state index in [1.165, 1.54) is 0 Å². The number of aryl methyl sites for hydroxylation is 2. The van der Waals surface area contributed by atoms with Crippen molar-refractivity contribution >= 4 is 0 Å². The Balaban J connectivity index is 2.14. The van der Waals surface area contributed by atoms with Crippen LogP contribution in [-0.4, -0.2) is 27.1 Å². The molecule has 0 radical (unpaired) electrons. The van der Waals surface area contributed by atoms with Gasteiger partial charge in [-0.1, -0.05) is 24.3 Å². The first-order valence-corrected chi connectivity index (χ1v) is 5.49. The summed E-state index contributed by atoms with van der Waals surface area (Å²) in [6, 6.07) is 7.71. The van der Waals surface area contributed by atoms with Gasteiger partial charge in [-0.25, -0.2) is 0 Å². The minimum absolute atomic E-state index is 0.281. The van der Waals surface area contributed by atoms with Crippen LogP contribution in [0.1, 0.15) is 17.8 Å². The first-order chi connectivity index (χ1) is 8.29. The molecule has 2 rings (SSSR count). The van der Waals surface area contributed by atoms with Crippen molar-refractivity contribution in [2.75, 3.05) is 6.67 Å². The lowest BCUT2D eigenvalue weighted by atomic mass is 10.1. The van der Waals surface area contributed by atoms with Crippen molar-refractivity contribution in [1.29, 1.82) is 0 Å².